The number of amides is 1. The first kappa shape index (κ1) is 12.8. The minimum absolute atomic E-state index is 0.145. The Balaban J connectivity index is 1.85. The van der Waals surface area contributed by atoms with Crippen molar-refractivity contribution in [2.75, 3.05) is 18.4 Å². The van der Waals surface area contributed by atoms with E-state index >= 15 is 0 Å². The molecule has 1 unspecified atom stereocenters. The second kappa shape index (κ2) is 4.92. The Kier molecular flexibility index (Phi) is 3.50. The summed E-state index contributed by atoms with van der Waals surface area (Å²) in [7, 11) is 0. The van der Waals surface area contributed by atoms with E-state index in [0.29, 0.717) is 22.8 Å². The predicted molar refractivity (Wildman–Crippen MR) is 70.4 cm³/mol. The molecule has 1 heterocycles. The van der Waals surface area contributed by atoms with Gasteiger partial charge in [0, 0.05) is 13.1 Å². The highest BCUT2D eigenvalue weighted by molar-refractivity contribution is 5.92. The number of anilines is 1. The van der Waals surface area contributed by atoms with Crippen molar-refractivity contribution in [1.82, 2.24) is 15.5 Å². The van der Waals surface area contributed by atoms with Crippen LogP contribution in [0.2, 0.25) is 0 Å². The highest BCUT2D eigenvalue weighted by atomic mass is 16.1. The van der Waals surface area contributed by atoms with Gasteiger partial charge in [-0.3, -0.25) is 4.79 Å². The number of hydrogen-bond acceptors (Lipinski definition) is 4. The maximum atomic E-state index is 11.8. The highest BCUT2D eigenvalue weighted by Crippen LogP contribution is 2.50. The van der Waals surface area contributed by atoms with Gasteiger partial charge in [0.1, 0.15) is 5.82 Å². The van der Waals surface area contributed by atoms with Gasteiger partial charge in [0.25, 0.3) is 5.91 Å². The summed E-state index contributed by atoms with van der Waals surface area (Å²) in [4.78, 5) is 11.8. The molecular weight excluding hydrogens is 228 g/mol. The van der Waals surface area contributed by atoms with E-state index in [4.69, 9.17) is 0 Å². The third-order valence-electron chi connectivity index (χ3n) is 3.48. The van der Waals surface area contributed by atoms with E-state index < -0.39 is 0 Å². The summed E-state index contributed by atoms with van der Waals surface area (Å²) < 4.78 is 0. The molecule has 1 fully saturated rings. The molecule has 0 saturated heterocycles. The molecule has 98 valence electrons. The quantitative estimate of drug-likeness (QED) is 0.832. The molecule has 1 atom stereocenters. The van der Waals surface area contributed by atoms with Crippen LogP contribution in [0.1, 0.15) is 37.7 Å². The molecule has 5 heteroatoms. The third kappa shape index (κ3) is 2.97. The van der Waals surface area contributed by atoms with Crippen molar-refractivity contribution in [3.63, 3.8) is 0 Å². The van der Waals surface area contributed by atoms with Crippen LogP contribution in [0.5, 0.6) is 0 Å². The number of rotatable bonds is 5. The van der Waals surface area contributed by atoms with Crippen molar-refractivity contribution in [3.8, 4) is 0 Å². The Morgan fingerprint density at radius 3 is 2.67 bits per heavy atom. The number of hydrogen-bond donors (Lipinski definition) is 2. The average molecular weight is 248 g/mol. The van der Waals surface area contributed by atoms with Crippen molar-refractivity contribution in [2.45, 2.75) is 27.2 Å². The van der Waals surface area contributed by atoms with E-state index in [-0.39, 0.29) is 5.91 Å². The summed E-state index contributed by atoms with van der Waals surface area (Å²) in [5, 5.41) is 13.8. The van der Waals surface area contributed by atoms with Crippen LogP contribution in [0.3, 0.4) is 0 Å². The Morgan fingerprint density at radius 2 is 2.17 bits per heavy atom. The van der Waals surface area contributed by atoms with Gasteiger partial charge in [-0.1, -0.05) is 13.8 Å². The molecule has 1 aliphatic carbocycles. The van der Waals surface area contributed by atoms with E-state index in [9.17, 15) is 4.79 Å². The van der Waals surface area contributed by atoms with Crippen molar-refractivity contribution >= 4 is 11.7 Å². The van der Waals surface area contributed by atoms with Crippen LogP contribution in [0.15, 0.2) is 12.1 Å². The average Bonchev–Trinajstić information content (AvgIpc) is 2.95. The molecular formula is C13H20N4O. The maximum absolute atomic E-state index is 11.8. The van der Waals surface area contributed by atoms with Gasteiger partial charge in [-0.2, -0.15) is 0 Å². The lowest BCUT2D eigenvalue weighted by molar-refractivity contribution is 0.0944. The lowest BCUT2D eigenvalue weighted by Gasteiger charge is -2.06. The van der Waals surface area contributed by atoms with Crippen LogP contribution >= 0.6 is 0 Å². The van der Waals surface area contributed by atoms with Crippen molar-refractivity contribution < 1.29 is 4.79 Å². The molecule has 0 bridgehead atoms. The molecule has 2 N–H and O–H groups in total. The largest absolute Gasteiger partial charge is 0.369 e. The van der Waals surface area contributed by atoms with E-state index in [2.05, 4.69) is 34.7 Å². The SMILES string of the molecule is CCNc1ccc(C(=O)NCC2CC2(C)C)nn1. The fraction of sp³-hybridized carbons (Fsp3) is 0.615. The molecule has 5 nitrogen and oxygen atoms in total. The van der Waals surface area contributed by atoms with Crippen LogP contribution in [0, 0.1) is 11.3 Å². The normalized spacial score (nSPS) is 20.3. The highest BCUT2D eigenvalue weighted by Gasteiger charge is 2.45. The summed E-state index contributed by atoms with van der Waals surface area (Å²) in [5.41, 5.74) is 0.753. The molecule has 18 heavy (non-hydrogen) atoms. The number of nitrogens with one attached hydrogen (secondary N) is 2. The van der Waals surface area contributed by atoms with E-state index in [0.717, 1.165) is 13.1 Å². The van der Waals surface area contributed by atoms with Gasteiger partial charge in [-0.05, 0) is 36.8 Å². The zero-order valence-electron chi connectivity index (χ0n) is 11.2. The van der Waals surface area contributed by atoms with Crippen molar-refractivity contribution in [2.24, 2.45) is 11.3 Å². The third-order valence-corrected chi connectivity index (χ3v) is 3.48. The second-order valence-electron chi connectivity index (χ2n) is 5.43. The molecule has 1 aromatic heterocycles. The summed E-state index contributed by atoms with van der Waals surface area (Å²) >= 11 is 0. The van der Waals surface area contributed by atoms with Crippen LogP contribution in [-0.4, -0.2) is 29.2 Å². The number of carbonyl (C=O) groups is 1. The van der Waals surface area contributed by atoms with Crippen molar-refractivity contribution in [1.29, 1.82) is 0 Å². The zero-order valence-corrected chi connectivity index (χ0v) is 11.2. The van der Waals surface area contributed by atoms with Gasteiger partial charge in [0.15, 0.2) is 5.69 Å². The first-order valence-corrected chi connectivity index (χ1v) is 6.38. The van der Waals surface area contributed by atoms with Gasteiger partial charge in [-0.15, -0.1) is 10.2 Å². The molecule has 1 aliphatic rings. The molecule has 0 aromatic carbocycles. The Bertz CT molecular complexity index is 427. The van der Waals surface area contributed by atoms with Crippen molar-refractivity contribution in [3.05, 3.63) is 17.8 Å². The predicted octanol–water partition coefficient (Wildman–Crippen LogP) is 1.68. The van der Waals surface area contributed by atoms with Gasteiger partial charge >= 0.3 is 0 Å². The number of aromatic nitrogens is 2. The van der Waals surface area contributed by atoms with E-state index in [1.807, 2.05) is 6.92 Å². The minimum Gasteiger partial charge on any atom is -0.369 e. The molecule has 1 aromatic rings. The number of carbonyl (C=O) groups excluding carboxylic acids is 1. The van der Waals surface area contributed by atoms with Crippen LogP contribution in [0.4, 0.5) is 5.82 Å². The lowest BCUT2D eigenvalue weighted by Crippen LogP contribution is -2.27. The molecule has 2 rings (SSSR count). The molecule has 0 spiro atoms. The standard InChI is InChI=1S/C13H20N4O/c1-4-14-11-6-5-10(16-17-11)12(18)15-8-9-7-13(9,2)3/h5-6,9H,4,7-8H2,1-3H3,(H,14,17)(H,15,18). The summed E-state index contributed by atoms with van der Waals surface area (Å²) in [5.74, 6) is 1.14. The summed E-state index contributed by atoms with van der Waals surface area (Å²) in [6.45, 7) is 7.93. The Labute approximate surface area is 107 Å². The fourth-order valence-electron chi connectivity index (χ4n) is 1.96. The van der Waals surface area contributed by atoms with E-state index in [1.54, 1.807) is 12.1 Å². The minimum atomic E-state index is -0.145. The van der Waals surface area contributed by atoms with Gasteiger partial charge in [0.05, 0.1) is 0 Å². The van der Waals surface area contributed by atoms with Crippen LogP contribution < -0.4 is 10.6 Å². The van der Waals surface area contributed by atoms with Crippen LogP contribution in [-0.2, 0) is 0 Å². The monoisotopic (exact) mass is 248 g/mol. The van der Waals surface area contributed by atoms with Gasteiger partial charge < -0.3 is 10.6 Å². The Hall–Kier alpha value is -1.65. The summed E-state index contributed by atoms with van der Waals surface area (Å²) in [6, 6.07) is 3.46. The topological polar surface area (TPSA) is 66.9 Å². The molecule has 0 radical (unpaired) electrons. The first-order chi connectivity index (χ1) is 8.53. The van der Waals surface area contributed by atoms with Gasteiger partial charge in [-0.25, -0.2) is 0 Å². The van der Waals surface area contributed by atoms with E-state index in [1.165, 1.54) is 6.42 Å². The maximum Gasteiger partial charge on any atom is 0.271 e. The lowest BCUT2D eigenvalue weighted by atomic mass is 10.1. The number of nitrogens with zero attached hydrogens (tertiary/aromatic N) is 2. The zero-order chi connectivity index (χ0) is 13.2. The van der Waals surface area contributed by atoms with Crippen LogP contribution in [0.25, 0.3) is 0 Å². The molecule has 1 saturated carbocycles. The summed E-state index contributed by atoms with van der Waals surface area (Å²) in [6.07, 6.45) is 1.18. The molecule has 0 aliphatic heterocycles. The molecule has 1 amide bonds. The fourth-order valence-corrected chi connectivity index (χ4v) is 1.96. The first-order valence-electron chi connectivity index (χ1n) is 6.38. The Morgan fingerprint density at radius 1 is 1.44 bits per heavy atom. The second-order valence-corrected chi connectivity index (χ2v) is 5.43. The van der Waals surface area contributed by atoms with Gasteiger partial charge in [0.2, 0.25) is 0 Å². The smallest absolute Gasteiger partial charge is 0.271 e.